The molecule has 2 aromatic rings. The van der Waals surface area contributed by atoms with Gasteiger partial charge < -0.3 is 4.74 Å². The predicted molar refractivity (Wildman–Crippen MR) is 66.9 cm³/mol. The minimum atomic E-state index is -0.599. The van der Waals surface area contributed by atoms with Crippen LogP contribution < -0.4 is 4.74 Å². The van der Waals surface area contributed by atoms with Crippen molar-refractivity contribution in [3.8, 4) is 5.88 Å². The zero-order valence-electron chi connectivity index (χ0n) is 10.3. The molecule has 1 aliphatic rings. The second-order valence-electron chi connectivity index (χ2n) is 4.69. The maximum atomic E-state index is 13.4. The monoisotopic (exact) mass is 261 g/mol. The van der Waals surface area contributed by atoms with Crippen LogP contribution in [0.2, 0.25) is 0 Å². The summed E-state index contributed by atoms with van der Waals surface area (Å²) in [6, 6.07) is 7.57. The summed E-state index contributed by atoms with van der Waals surface area (Å²) in [4.78, 5) is 4.06. The van der Waals surface area contributed by atoms with E-state index < -0.39 is 11.6 Å². The maximum Gasteiger partial charge on any atom is 0.213 e. The number of pyridine rings is 1. The molecule has 0 bridgehead atoms. The quantitative estimate of drug-likeness (QED) is 0.834. The molecule has 98 valence electrons. The average molecular weight is 261 g/mol. The van der Waals surface area contributed by atoms with Gasteiger partial charge in [-0.2, -0.15) is 0 Å². The van der Waals surface area contributed by atoms with E-state index in [-0.39, 0.29) is 12.2 Å². The van der Waals surface area contributed by atoms with Crippen molar-refractivity contribution in [1.29, 1.82) is 0 Å². The topological polar surface area (TPSA) is 22.1 Å². The third-order valence-corrected chi connectivity index (χ3v) is 3.23. The molecule has 1 saturated carbocycles. The minimum absolute atomic E-state index is 0.0684. The Bertz CT molecular complexity index is 576. The van der Waals surface area contributed by atoms with Gasteiger partial charge in [-0.15, -0.1) is 0 Å². The molecule has 3 rings (SSSR count). The highest BCUT2D eigenvalue weighted by Crippen LogP contribution is 2.40. The van der Waals surface area contributed by atoms with Crippen LogP contribution in [-0.4, -0.2) is 4.98 Å². The van der Waals surface area contributed by atoms with Crippen LogP contribution in [0, 0.1) is 11.6 Å². The summed E-state index contributed by atoms with van der Waals surface area (Å²) in [5, 5.41) is 0. The Hall–Kier alpha value is -1.97. The molecule has 1 aromatic heterocycles. The lowest BCUT2D eigenvalue weighted by Gasteiger charge is -2.08. The molecule has 0 amide bonds. The Morgan fingerprint density at radius 1 is 1.16 bits per heavy atom. The third kappa shape index (κ3) is 2.72. The van der Waals surface area contributed by atoms with Crippen molar-refractivity contribution in [1.82, 2.24) is 4.98 Å². The van der Waals surface area contributed by atoms with Gasteiger partial charge in [-0.1, -0.05) is 6.07 Å². The molecule has 2 nitrogen and oxygen atoms in total. The third-order valence-electron chi connectivity index (χ3n) is 3.23. The summed E-state index contributed by atoms with van der Waals surface area (Å²) in [5.41, 5.74) is 1.11. The number of benzene rings is 1. The molecule has 1 aliphatic carbocycles. The molecule has 0 spiro atoms. The fourth-order valence-electron chi connectivity index (χ4n) is 1.99. The maximum absolute atomic E-state index is 13.4. The van der Waals surface area contributed by atoms with Crippen LogP contribution in [0.25, 0.3) is 0 Å². The van der Waals surface area contributed by atoms with Gasteiger partial charge in [-0.3, -0.25) is 0 Å². The van der Waals surface area contributed by atoms with Crippen molar-refractivity contribution in [3.63, 3.8) is 0 Å². The van der Waals surface area contributed by atoms with Crippen LogP contribution in [0.1, 0.15) is 29.9 Å². The molecular formula is C15H13F2NO. The number of rotatable bonds is 4. The van der Waals surface area contributed by atoms with Gasteiger partial charge in [0.2, 0.25) is 5.88 Å². The van der Waals surface area contributed by atoms with Crippen molar-refractivity contribution in [2.45, 2.75) is 25.4 Å². The van der Waals surface area contributed by atoms with E-state index in [0.717, 1.165) is 0 Å². The number of hydrogen-bond acceptors (Lipinski definition) is 2. The summed E-state index contributed by atoms with van der Waals surface area (Å²) in [7, 11) is 0. The first-order valence-electron chi connectivity index (χ1n) is 6.25. The highest BCUT2D eigenvalue weighted by Gasteiger charge is 2.23. The van der Waals surface area contributed by atoms with Crippen LogP contribution in [0.5, 0.6) is 5.88 Å². The molecule has 0 unspecified atom stereocenters. The lowest BCUT2D eigenvalue weighted by Crippen LogP contribution is -2.03. The van der Waals surface area contributed by atoms with Crippen LogP contribution in [0.4, 0.5) is 8.78 Å². The van der Waals surface area contributed by atoms with Gasteiger partial charge in [0.25, 0.3) is 0 Å². The predicted octanol–water partition coefficient (Wildman–Crippen LogP) is 3.82. The Balaban J connectivity index is 1.73. The normalized spacial score (nSPS) is 14.4. The SMILES string of the molecule is Fc1cccc(F)c1COc1cc(C2CC2)ccn1. The minimum Gasteiger partial charge on any atom is -0.473 e. The molecule has 1 aromatic carbocycles. The number of halogens is 2. The van der Waals surface area contributed by atoms with Gasteiger partial charge in [-0.25, -0.2) is 13.8 Å². The van der Waals surface area contributed by atoms with E-state index in [1.54, 1.807) is 6.20 Å². The van der Waals surface area contributed by atoms with Crippen LogP contribution >= 0.6 is 0 Å². The zero-order chi connectivity index (χ0) is 13.2. The largest absolute Gasteiger partial charge is 0.473 e. The van der Waals surface area contributed by atoms with Gasteiger partial charge in [0.15, 0.2) is 0 Å². The van der Waals surface area contributed by atoms with E-state index in [1.165, 1.54) is 36.6 Å². The molecule has 0 atom stereocenters. The first-order chi connectivity index (χ1) is 9.24. The molecule has 0 aliphatic heterocycles. The van der Waals surface area contributed by atoms with E-state index in [2.05, 4.69) is 4.98 Å². The van der Waals surface area contributed by atoms with E-state index in [0.29, 0.717) is 11.8 Å². The van der Waals surface area contributed by atoms with Gasteiger partial charge >= 0.3 is 0 Å². The molecule has 1 fully saturated rings. The highest BCUT2D eigenvalue weighted by atomic mass is 19.1. The van der Waals surface area contributed by atoms with Crippen LogP contribution in [0.15, 0.2) is 36.5 Å². The number of ether oxygens (including phenoxy) is 1. The lowest BCUT2D eigenvalue weighted by atomic mass is 10.2. The van der Waals surface area contributed by atoms with Crippen molar-refractivity contribution in [2.24, 2.45) is 0 Å². The summed E-state index contributed by atoms with van der Waals surface area (Å²) < 4.78 is 32.2. The Morgan fingerprint density at radius 2 is 1.89 bits per heavy atom. The zero-order valence-corrected chi connectivity index (χ0v) is 10.3. The van der Waals surface area contributed by atoms with Gasteiger partial charge in [-0.05, 0) is 42.5 Å². The highest BCUT2D eigenvalue weighted by molar-refractivity contribution is 5.27. The summed E-state index contributed by atoms with van der Waals surface area (Å²) in [5.74, 6) is -0.195. The van der Waals surface area contributed by atoms with E-state index >= 15 is 0 Å². The second kappa shape index (κ2) is 4.96. The first-order valence-corrected chi connectivity index (χ1v) is 6.25. The van der Waals surface area contributed by atoms with Crippen molar-refractivity contribution in [2.75, 3.05) is 0 Å². The van der Waals surface area contributed by atoms with Crippen molar-refractivity contribution < 1.29 is 13.5 Å². The molecule has 1 heterocycles. The fraction of sp³-hybridized carbons (Fsp3) is 0.267. The number of hydrogen-bond donors (Lipinski definition) is 0. The molecular weight excluding hydrogens is 248 g/mol. The van der Waals surface area contributed by atoms with E-state index in [1.807, 2.05) is 12.1 Å². The lowest BCUT2D eigenvalue weighted by molar-refractivity contribution is 0.281. The second-order valence-corrected chi connectivity index (χ2v) is 4.69. The average Bonchev–Trinajstić information content (AvgIpc) is 3.23. The van der Waals surface area contributed by atoms with Gasteiger partial charge in [0.05, 0.1) is 5.56 Å². The standard InChI is InChI=1S/C15H13F2NO/c16-13-2-1-3-14(17)12(13)9-19-15-8-11(6-7-18-15)10-4-5-10/h1-3,6-8,10H,4-5,9H2. The number of aromatic nitrogens is 1. The summed E-state index contributed by atoms with van der Waals surface area (Å²) >= 11 is 0. The molecule has 4 heteroatoms. The Labute approximate surface area is 110 Å². The molecule has 0 saturated heterocycles. The van der Waals surface area contributed by atoms with Crippen LogP contribution in [0.3, 0.4) is 0 Å². The van der Waals surface area contributed by atoms with Gasteiger partial charge in [0.1, 0.15) is 18.2 Å². The first kappa shape index (κ1) is 12.1. The smallest absolute Gasteiger partial charge is 0.213 e. The van der Waals surface area contributed by atoms with Crippen molar-refractivity contribution in [3.05, 3.63) is 59.3 Å². The van der Waals surface area contributed by atoms with Crippen molar-refractivity contribution >= 4 is 0 Å². The van der Waals surface area contributed by atoms with E-state index in [9.17, 15) is 8.78 Å². The summed E-state index contributed by atoms with van der Waals surface area (Å²) in [6.07, 6.45) is 4.04. The van der Waals surface area contributed by atoms with E-state index in [4.69, 9.17) is 4.74 Å². The van der Waals surface area contributed by atoms with Crippen LogP contribution in [-0.2, 0) is 6.61 Å². The Kier molecular flexibility index (Phi) is 3.15. The summed E-state index contributed by atoms with van der Waals surface area (Å²) in [6.45, 7) is -0.153. The van der Waals surface area contributed by atoms with Gasteiger partial charge in [0, 0.05) is 12.3 Å². The number of nitrogens with zero attached hydrogens (tertiary/aromatic N) is 1. The fourth-order valence-corrected chi connectivity index (χ4v) is 1.99. The molecule has 0 N–H and O–H groups in total. The molecule has 0 radical (unpaired) electrons. The molecule has 19 heavy (non-hydrogen) atoms. The Morgan fingerprint density at radius 3 is 2.58 bits per heavy atom.